The minimum absolute atomic E-state index is 0.0834. The van der Waals surface area contributed by atoms with Gasteiger partial charge in [0.05, 0.1) is 39.3 Å². The molecule has 0 bridgehead atoms. The molecule has 0 atom stereocenters. The molecule has 53 heavy (non-hydrogen) atoms. The lowest BCUT2D eigenvalue weighted by molar-refractivity contribution is 0.660. The van der Waals surface area contributed by atoms with E-state index in [1.165, 1.54) is 71.3 Å². The van der Waals surface area contributed by atoms with Crippen LogP contribution in [0.1, 0.15) is 25.0 Å². The van der Waals surface area contributed by atoms with E-state index < -0.39 is 0 Å². The standard InChI is InChI=1S/C49H32N4/c1-49(2)38-20-10-7-15-32(38)33-24-23-29(27-39(33)49)52-40-21-11-8-18-36(40)45-42(52)25-26-43-46(45)37-19-9-12-22-41(37)53(43)44-28-50-47-34-16-5-3-13-30(34)31-14-4-6-17-35(31)48(47)51-44/h3-28H,1-2H3. The summed E-state index contributed by atoms with van der Waals surface area (Å²) in [5.74, 6) is 0.813. The smallest absolute Gasteiger partial charge is 0.156 e. The first-order chi connectivity index (χ1) is 26.1. The Balaban J connectivity index is 1.15. The Labute approximate surface area is 305 Å². The van der Waals surface area contributed by atoms with Gasteiger partial charge in [0.25, 0.3) is 0 Å². The molecule has 11 aromatic rings. The Morgan fingerprint density at radius 1 is 0.434 bits per heavy atom. The molecule has 8 aromatic carbocycles. The maximum absolute atomic E-state index is 5.45. The average Bonchev–Trinajstić information content (AvgIpc) is 3.81. The molecule has 0 fully saturated rings. The number of fused-ring (bicyclic) bond motifs is 16. The number of aromatic nitrogens is 4. The summed E-state index contributed by atoms with van der Waals surface area (Å²) in [6.45, 7) is 4.71. The summed E-state index contributed by atoms with van der Waals surface area (Å²) in [4.78, 5) is 10.6. The van der Waals surface area contributed by atoms with Gasteiger partial charge in [-0.15, -0.1) is 0 Å². The van der Waals surface area contributed by atoms with Crippen LogP contribution in [0.5, 0.6) is 0 Å². The first-order valence-corrected chi connectivity index (χ1v) is 18.3. The second-order valence-electron chi connectivity index (χ2n) is 15.0. The van der Waals surface area contributed by atoms with E-state index in [1.807, 2.05) is 6.20 Å². The maximum Gasteiger partial charge on any atom is 0.156 e. The lowest BCUT2D eigenvalue weighted by Crippen LogP contribution is -2.15. The summed E-state index contributed by atoms with van der Waals surface area (Å²) in [6, 6.07) is 55.2. The second-order valence-corrected chi connectivity index (χ2v) is 15.0. The van der Waals surface area contributed by atoms with Crippen molar-refractivity contribution in [1.29, 1.82) is 0 Å². The van der Waals surface area contributed by atoms with Gasteiger partial charge in [-0.2, -0.15) is 0 Å². The molecule has 248 valence electrons. The topological polar surface area (TPSA) is 35.6 Å². The zero-order chi connectivity index (χ0) is 35.0. The highest BCUT2D eigenvalue weighted by molar-refractivity contribution is 6.29. The number of hydrogen-bond acceptors (Lipinski definition) is 2. The number of nitrogens with zero attached hydrogens (tertiary/aromatic N) is 4. The molecule has 0 amide bonds. The Kier molecular flexibility index (Phi) is 5.54. The molecule has 0 N–H and O–H groups in total. The minimum Gasteiger partial charge on any atom is -0.309 e. The molecular weight excluding hydrogens is 645 g/mol. The van der Waals surface area contributed by atoms with Crippen molar-refractivity contribution in [3.63, 3.8) is 0 Å². The Morgan fingerprint density at radius 3 is 1.66 bits per heavy atom. The average molecular weight is 677 g/mol. The molecule has 0 saturated heterocycles. The van der Waals surface area contributed by atoms with Crippen molar-refractivity contribution in [2.45, 2.75) is 19.3 Å². The molecule has 0 aliphatic heterocycles. The molecule has 1 aliphatic rings. The lowest BCUT2D eigenvalue weighted by atomic mass is 9.82. The second kappa shape index (κ2) is 10.2. The first-order valence-electron chi connectivity index (χ1n) is 18.3. The summed E-state index contributed by atoms with van der Waals surface area (Å²) >= 11 is 0. The zero-order valence-electron chi connectivity index (χ0n) is 29.3. The molecule has 1 aliphatic carbocycles. The fraction of sp³-hybridized carbons (Fsp3) is 0.0612. The van der Waals surface area contributed by atoms with Crippen LogP contribution in [0.3, 0.4) is 0 Å². The van der Waals surface area contributed by atoms with Crippen LogP contribution < -0.4 is 0 Å². The maximum atomic E-state index is 5.45. The third-order valence-corrected chi connectivity index (χ3v) is 11.9. The number of para-hydroxylation sites is 2. The monoisotopic (exact) mass is 676 g/mol. The number of rotatable bonds is 2. The Bertz CT molecular complexity index is 3340. The predicted octanol–water partition coefficient (Wildman–Crippen LogP) is 12.4. The van der Waals surface area contributed by atoms with E-state index in [0.29, 0.717) is 0 Å². The zero-order valence-corrected chi connectivity index (χ0v) is 29.3. The third-order valence-electron chi connectivity index (χ3n) is 11.9. The van der Waals surface area contributed by atoms with Gasteiger partial charge < -0.3 is 4.57 Å². The fourth-order valence-electron chi connectivity index (χ4n) is 9.60. The van der Waals surface area contributed by atoms with Gasteiger partial charge in [-0.25, -0.2) is 4.98 Å². The SMILES string of the molecule is CC1(C)c2ccccc2-c2ccc(-n3c4ccccc4c4c5c6ccccc6n(-c6cnc7c8ccccc8c8ccccc8c7n6)c5ccc43)cc21. The van der Waals surface area contributed by atoms with Crippen molar-refractivity contribution in [1.82, 2.24) is 19.1 Å². The summed E-state index contributed by atoms with van der Waals surface area (Å²) in [5.41, 5.74) is 13.0. The minimum atomic E-state index is -0.0834. The van der Waals surface area contributed by atoms with Gasteiger partial charge in [0.2, 0.25) is 0 Å². The Hall–Kier alpha value is -6.78. The fourth-order valence-corrected chi connectivity index (χ4v) is 9.60. The molecule has 3 aromatic heterocycles. The summed E-state index contributed by atoms with van der Waals surface area (Å²) in [6.07, 6.45) is 1.95. The molecule has 12 rings (SSSR count). The molecule has 0 unspecified atom stereocenters. The van der Waals surface area contributed by atoms with Crippen LogP contribution in [0.15, 0.2) is 158 Å². The lowest BCUT2D eigenvalue weighted by Gasteiger charge is -2.22. The predicted molar refractivity (Wildman–Crippen MR) is 221 cm³/mol. The number of benzene rings is 8. The third kappa shape index (κ3) is 3.69. The van der Waals surface area contributed by atoms with Gasteiger partial charge in [-0.1, -0.05) is 129 Å². The quantitative estimate of drug-likeness (QED) is 0.171. The van der Waals surface area contributed by atoms with Crippen molar-refractivity contribution < 1.29 is 0 Å². The van der Waals surface area contributed by atoms with Crippen LogP contribution in [-0.2, 0) is 5.41 Å². The number of hydrogen-bond donors (Lipinski definition) is 0. The van der Waals surface area contributed by atoms with E-state index in [9.17, 15) is 0 Å². The van der Waals surface area contributed by atoms with E-state index in [-0.39, 0.29) is 5.41 Å². The van der Waals surface area contributed by atoms with E-state index in [2.05, 4.69) is 175 Å². The molecule has 3 heterocycles. The molecular formula is C49H32N4. The van der Waals surface area contributed by atoms with Crippen molar-refractivity contribution in [3.05, 3.63) is 169 Å². The largest absolute Gasteiger partial charge is 0.309 e. The van der Waals surface area contributed by atoms with Gasteiger partial charge in [-0.05, 0) is 69.4 Å². The highest BCUT2D eigenvalue weighted by atomic mass is 15.1. The summed E-state index contributed by atoms with van der Waals surface area (Å²) in [7, 11) is 0. The molecule has 0 radical (unpaired) electrons. The first kappa shape index (κ1) is 28.9. The normalized spacial score (nSPS) is 13.6. The highest BCUT2D eigenvalue weighted by Crippen LogP contribution is 2.50. The van der Waals surface area contributed by atoms with E-state index in [4.69, 9.17) is 9.97 Å². The molecule has 4 nitrogen and oxygen atoms in total. The van der Waals surface area contributed by atoms with Gasteiger partial charge >= 0.3 is 0 Å². The van der Waals surface area contributed by atoms with Gasteiger partial charge in [0.15, 0.2) is 5.82 Å². The highest BCUT2D eigenvalue weighted by Gasteiger charge is 2.35. The van der Waals surface area contributed by atoms with Crippen LogP contribution in [0.25, 0.3) is 98.8 Å². The molecule has 0 saturated carbocycles. The van der Waals surface area contributed by atoms with Gasteiger partial charge in [0, 0.05) is 43.4 Å². The van der Waals surface area contributed by atoms with E-state index >= 15 is 0 Å². The van der Waals surface area contributed by atoms with Crippen LogP contribution in [-0.4, -0.2) is 19.1 Å². The van der Waals surface area contributed by atoms with Crippen molar-refractivity contribution in [2.75, 3.05) is 0 Å². The van der Waals surface area contributed by atoms with Gasteiger partial charge in [0.1, 0.15) is 0 Å². The molecule has 4 heteroatoms. The van der Waals surface area contributed by atoms with E-state index in [0.717, 1.165) is 38.7 Å². The Morgan fingerprint density at radius 2 is 0.962 bits per heavy atom. The van der Waals surface area contributed by atoms with Crippen LogP contribution in [0.2, 0.25) is 0 Å². The van der Waals surface area contributed by atoms with Crippen LogP contribution >= 0.6 is 0 Å². The summed E-state index contributed by atoms with van der Waals surface area (Å²) in [5, 5.41) is 9.54. The molecule has 0 spiro atoms. The van der Waals surface area contributed by atoms with Crippen molar-refractivity contribution in [3.8, 4) is 22.6 Å². The summed E-state index contributed by atoms with van der Waals surface area (Å²) < 4.78 is 4.77. The van der Waals surface area contributed by atoms with E-state index in [1.54, 1.807) is 0 Å². The van der Waals surface area contributed by atoms with Gasteiger partial charge in [-0.3, -0.25) is 9.55 Å². The van der Waals surface area contributed by atoms with Crippen LogP contribution in [0, 0.1) is 0 Å². The van der Waals surface area contributed by atoms with Crippen molar-refractivity contribution in [2.24, 2.45) is 0 Å². The van der Waals surface area contributed by atoms with Crippen molar-refractivity contribution >= 4 is 76.2 Å². The van der Waals surface area contributed by atoms with Crippen LogP contribution in [0.4, 0.5) is 0 Å².